The smallest absolute Gasteiger partial charge is 0.303 e. The number of amides is 2. The average molecular weight is 316 g/mol. The summed E-state index contributed by atoms with van der Waals surface area (Å²) in [6.45, 7) is 0. The molecule has 1 heterocycles. The second-order valence-electron chi connectivity index (χ2n) is 4.89. The van der Waals surface area contributed by atoms with Crippen LogP contribution >= 0.6 is 0 Å². The van der Waals surface area contributed by atoms with Gasteiger partial charge in [-0.2, -0.15) is 0 Å². The lowest BCUT2D eigenvalue weighted by Gasteiger charge is -2.13. The summed E-state index contributed by atoms with van der Waals surface area (Å²) in [6.07, 6.45) is -0.357. The van der Waals surface area contributed by atoms with Crippen LogP contribution in [0.2, 0.25) is 0 Å². The Kier molecular flexibility index (Phi) is 5.14. The molecule has 4 N–H and O–H groups in total. The minimum Gasteiger partial charge on any atom is -0.481 e. The summed E-state index contributed by atoms with van der Waals surface area (Å²) in [4.78, 5) is 33.9. The number of benzene rings is 1. The van der Waals surface area contributed by atoms with Crippen LogP contribution in [-0.4, -0.2) is 28.9 Å². The summed E-state index contributed by atoms with van der Waals surface area (Å²) in [5.74, 6) is -1.96. The fraction of sp³-hybridized carbons (Fsp3) is 0.188. The largest absolute Gasteiger partial charge is 0.481 e. The Morgan fingerprint density at radius 1 is 1.13 bits per heavy atom. The number of hydrogen-bond donors (Lipinski definition) is 3. The number of carboxylic acid groups (broad SMARTS) is 1. The van der Waals surface area contributed by atoms with E-state index >= 15 is 0 Å². The molecule has 0 spiro atoms. The van der Waals surface area contributed by atoms with Crippen molar-refractivity contribution >= 4 is 17.8 Å². The highest BCUT2D eigenvalue weighted by Gasteiger charge is 2.21. The number of furan rings is 1. The Labute approximate surface area is 132 Å². The van der Waals surface area contributed by atoms with E-state index in [0.29, 0.717) is 5.76 Å². The molecular formula is C16H16N2O5. The maximum absolute atomic E-state index is 12.1. The standard InChI is InChI=1S/C16H16N2O5/c17-15(21)11(6-9-14(19)20)18-16(22)13-8-7-12(23-13)10-4-2-1-3-5-10/h1-5,7-8,11H,6,9H2,(H2,17,21)(H,18,22)(H,19,20)/t11-/m0/s1. The van der Waals surface area contributed by atoms with Crippen molar-refractivity contribution in [3.8, 4) is 11.3 Å². The third-order valence-corrected chi connectivity index (χ3v) is 3.18. The molecule has 0 aliphatic rings. The van der Waals surface area contributed by atoms with Crippen LogP contribution in [0.15, 0.2) is 46.9 Å². The van der Waals surface area contributed by atoms with Crippen molar-refractivity contribution in [1.29, 1.82) is 0 Å². The van der Waals surface area contributed by atoms with Crippen molar-refractivity contribution in [2.45, 2.75) is 18.9 Å². The number of carbonyl (C=O) groups is 3. The van der Waals surface area contributed by atoms with Crippen LogP contribution in [0.1, 0.15) is 23.4 Å². The molecule has 120 valence electrons. The van der Waals surface area contributed by atoms with Gasteiger partial charge in [0.1, 0.15) is 11.8 Å². The molecule has 1 atom stereocenters. The molecule has 2 rings (SSSR count). The van der Waals surface area contributed by atoms with Gasteiger partial charge in [-0.1, -0.05) is 30.3 Å². The number of rotatable bonds is 7. The maximum Gasteiger partial charge on any atom is 0.303 e. The van der Waals surface area contributed by atoms with Crippen LogP contribution in [-0.2, 0) is 9.59 Å². The van der Waals surface area contributed by atoms with Crippen molar-refractivity contribution in [3.63, 3.8) is 0 Å². The second kappa shape index (κ2) is 7.26. The van der Waals surface area contributed by atoms with Crippen LogP contribution in [0.4, 0.5) is 0 Å². The van der Waals surface area contributed by atoms with Gasteiger partial charge in [0.25, 0.3) is 5.91 Å². The highest BCUT2D eigenvalue weighted by Crippen LogP contribution is 2.21. The lowest BCUT2D eigenvalue weighted by atomic mass is 10.1. The van der Waals surface area contributed by atoms with Crippen molar-refractivity contribution in [1.82, 2.24) is 5.32 Å². The fourth-order valence-corrected chi connectivity index (χ4v) is 2.00. The van der Waals surface area contributed by atoms with Crippen LogP contribution in [0.5, 0.6) is 0 Å². The lowest BCUT2D eigenvalue weighted by Crippen LogP contribution is -2.44. The van der Waals surface area contributed by atoms with E-state index in [0.717, 1.165) is 5.56 Å². The van der Waals surface area contributed by atoms with Crippen LogP contribution in [0.25, 0.3) is 11.3 Å². The molecule has 0 saturated carbocycles. The molecule has 23 heavy (non-hydrogen) atoms. The number of carboxylic acids is 1. The topological polar surface area (TPSA) is 123 Å². The summed E-state index contributed by atoms with van der Waals surface area (Å²) in [5, 5.41) is 11.0. The molecule has 0 unspecified atom stereocenters. The van der Waals surface area contributed by atoms with Crippen molar-refractivity contribution in [3.05, 3.63) is 48.2 Å². The molecule has 0 radical (unpaired) electrons. The molecule has 1 aromatic carbocycles. The number of nitrogens with two attached hydrogens (primary N) is 1. The summed E-state index contributed by atoms with van der Waals surface area (Å²) in [5.41, 5.74) is 5.98. The molecule has 2 aromatic rings. The van der Waals surface area contributed by atoms with E-state index in [1.165, 1.54) is 6.07 Å². The van der Waals surface area contributed by atoms with Gasteiger partial charge in [0, 0.05) is 12.0 Å². The zero-order valence-corrected chi connectivity index (χ0v) is 12.2. The summed E-state index contributed by atoms with van der Waals surface area (Å²) >= 11 is 0. The minimum absolute atomic E-state index is 0.0189. The van der Waals surface area contributed by atoms with Gasteiger partial charge in [-0.15, -0.1) is 0 Å². The van der Waals surface area contributed by atoms with Crippen molar-refractivity contribution in [2.24, 2.45) is 5.73 Å². The molecule has 0 fully saturated rings. The van der Waals surface area contributed by atoms with E-state index in [1.54, 1.807) is 6.07 Å². The first kappa shape index (κ1) is 16.3. The fourth-order valence-electron chi connectivity index (χ4n) is 2.00. The first-order valence-electron chi connectivity index (χ1n) is 6.94. The Bertz CT molecular complexity index is 708. The number of aliphatic carboxylic acids is 1. The third kappa shape index (κ3) is 4.44. The first-order valence-corrected chi connectivity index (χ1v) is 6.94. The first-order chi connectivity index (χ1) is 11.0. The number of primary amides is 1. The SMILES string of the molecule is NC(=O)[C@H](CCC(=O)O)NC(=O)c1ccc(-c2ccccc2)o1. The molecule has 7 heteroatoms. The molecule has 1 aromatic heterocycles. The van der Waals surface area contributed by atoms with Crippen LogP contribution in [0.3, 0.4) is 0 Å². The Hall–Kier alpha value is -3.09. The monoisotopic (exact) mass is 316 g/mol. The molecule has 0 bridgehead atoms. The Balaban J connectivity index is 2.06. The van der Waals surface area contributed by atoms with Gasteiger partial charge in [0.15, 0.2) is 5.76 Å². The third-order valence-electron chi connectivity index (χ3n) is 3.18. The summed E-state index contributed by atoms with van der Waals surface area (Å²) < 4.78 is 5.46. The van der Waals surface area contributed by atoms with Crippen molar-refractivity contribution in [2.75, 3.05) is 0 Å². The Morgan fingerprint density at radius 3 is 2.43 bits per heavy atom. The predicted octanol–water partition coefficient (Wildman–Crippen LogP) is 1.40. The van der Waals surface area contributed by atoms with E-state index in [2.05, 4.69) is 5.32 Å². The molecule has 0 saturated heterocycles. The number of nitrogens with one attached hydrogen (secondary N) is 1. The Morgan fingerprint density at radius 2 is 1.83 bits per heavy atom. The van der Waals surface area contributed by atoms with Gasteiger partial charge < -0.3 is 20.6 Å². The van der Waals surface area contributed by atoms with Gasteiger partial charge in [-0.05, 0) is 18.6 Å². The predicted molar refractivity (Wildman–Crippen MR) is 81.5 cm³/mol. The number of carbonyl (C=O) groups excluding carboxylic acids is 2. The van der Waals surface area contributed by atoms with Gasteiger partial charge in [0.05, 0.1) is 0 Å². The average Bonchev–Trinajstić information content (AvgIpc) is 3.01. The highest BCUT2D eigenvalue weighted by atomic mass is 16.4. The summed E-state index contributed by atoms with van der Waals surface area (Å²) in [7, 11) is 0. The van der Waals surface area contributed by atoms with E-state index in [-0.39, 0.29) is 18.6 Å². The molecule has 0 aliphatic heterocycles. The zero-order chi connectivity index (χ0) is 16.8. The van der Waals surface area contributed by atoms with E-state index < -0.39 is 23.8 Å². The van der Waals surface area contributed by atoms with E-state index in [9.17, 15) is 14.4 Å². The van der Waals surface area contributed by atoms with Crippen molar-refractivity contribution < 1.29 is 23.9 Å². The van der Waals surface area contributed by atoms with E-state index in [4.69, 9.17) is 15.3 Å². The van der Waals surface area contributed by atoms with Crippen LogP contribution < -0.4 is 11.1 Å². The quantitative estimate of drug-likeness (QED) is 0.712. The van der Waals surface area contributed by atoms with Gasteiger partial charge >= 0.3 is 5.97 Å². The number of hydrogen-bond acceptors (Lipinski definition) is 4. The molecule has 7 nitrogen and oxygen atoms in total. The minimum atomic E-state index is -1.07. The summed E-state index contributed by atoms with van der Waals surface area (Å²) in [6, 6.07) is 11.3. The van der Waals surface area contributed by atoms with E-state index in [1.807, 2.05) is 30.3 Å². The van der Waals surface area contributed by atoms with Gasteiger partial charge in [-0.25, -0.2) is 0 Å². The second-order valence-corrected chi connectivity index (χ2v) is 4.89. The molecular weight excluding hydrogens is 300 g/mol. The molecule has 0 aliphatic carbocycles. The zero-order valence-electron chi connectivity index (χ0n) is 12.2. The molecule has 2 amide bonds. The normalized spacial score (nSPS) is 11.7. The van der Waals surface area contributed by atoms with Gasteiger partial charge in [0.2, 0.25) is 5.91 Å². The van der Waals surface area contributed by atoms with Gasteiger partial charge in [-0.3, -0.25) is 14.4 Å². The maximum atomic E-state index is 12.1. The highest BCUT2D eigenvalue weighted by molar-refractivity contribution is 5.95. The van der Waals surface area contributed by atoms with Crippen LogP contribution in [0, 0.1) is 0 Å². The lowest BCUT2D eigenvalue weighted by molar-refractivity contribution is -0.137.